The molecule has 0 bridgehead atoms. The maximum Gasteiger partial charge on any atom is 0.472 e. The van der Waals surface area contributed by atoms with Crippen molar-refractivity contribution < 1.29 is 61.6 Å². The van der Waals surface area contributed by atoms with Gasteiger partial charge in [0.05, 0.1) is 19.8 Å². The normalized spacial score (nSPS) is 14.5. The second-order valence-electron chi connectivity index (χ2n) is 13.9. The maximum atomic E-state index is 12.6. The number of phosphoric ester groups is 2. The van der Waals surface area contributed by atoms with E-state index in [4.69, 9.17) is 23.8 Å². The fraction of sp³-hybridized carbons (Fsp3) is 0.800. The topological polar surface area (TPSA) is 195 Å². The number of hydrogen-bond acceptors (Lipinski definition) is 10. The summed E-state index contributed by atoms with van der Waals surface area (Å²) in [6, 6.07) is 0. The zero-order chi connectivity index (χ0) is 40.9. The number of unbranched alkanes of at least 4 members (excludes halogenated alkanes) is 17. The Hall–Kier alpha value is -1.66. The van der Waals surface area contributed by atoms with Crippen LogP contribution < -0.4 is 0 Å². The summed E-state index contributed by atoms with van der Waals surface area (Å²) in [5, 5.41) is 9.73. The van der Waals surface area contributed by atoms with E-state index < -0.39 is 59.6 Å². The zero-order valence-corrected chi connectivity index (χ0v) is 35.6. The van der Waals surface area contributed by atoms with Gasteiger partial charge in [-0.2, -0.15) is 0 Å². The minimum absolute atomic E-state index is 0.130. The molecule has 0 aliphatic carbocycles. The molecule has 0 aliphatic rings. The first-order chi connectivity index (χ1) is 26.4. The van der Waals surface area contributed by atoms with Crippen molar-refractivity contribution in [3.05, 3.63) is 36.5 Å². The first-order valence-corrected chi connectivity index (χ1v) is 23.7. The van der Waals surface area contributed by atoms with Gasteiger partial charge in [-0.1, -0.05) is 147 Å². The molecule has 0 radical (unpaired) electrons. The van der Waals surface area contributed by atoms with Gasteiger partial charge in [0.2, 0.25) is 0 Å². The lowest BCUT2D eigenvalue weighted by Crippen LogP contribution is -2.30. The number of aliphatic hydroxyl groups is 1. The van der Waals surface area contributed by atoms with E-state index in [0.29, 0.717) is 12.8 Å². The quantitative estimate of drug-likeness (QED) is 0.0198. The standard InChI is InChI=1S/C40H74O13P2/c1-3-5-7-9-11-13-15-17-18-20-21-23-25-27-29-31-39(42)49-35-38(36-52-55(47,48)51-34-37(41)33-50-54(44,45)46)53-40(43)32-30-28-26-24-22-19-16-14-12-10-8-6-4-2/h5,7,11,13,17-18,37-38,41H,3-4,6,8-10,12,14-16,19-36H2,1-2H3,(H,47,48)(H2,44,45,46)/b7-5-,13-11-,18-17-/t37-,38+/m0/s1. The molecule has 15 heteroatoms. The van der Waals surface area contributed by atoms with E-state index >= 15 is 0 Å². The lowest BCUT2D eigenvalue weighted by molar-refractivity contribution is -0.161. The average Bonchev–Trinajstić information content (AvgIpc) is 3.14. The summed E-state index contributed by atoms with van der Waals surface area (Å²) in [5.41, 5.74) is 0. The number of aliphatic hydroxyl groups excluding tert-OH is 1. The molecule has 0 aromatic rings. The van der Waals surface area contributed by atoms with Crippen LogP contribution in [0.5, 0.6) is 0 Å². The Labute approximate surface area is 331 Å². The minimum Gasteiger partial charge on any atom is -0.462 e. The molecule has 0 heterocycles. The molecule has 55 heavy (non-hydrogen) atoms. The fourth-order valence-corrected chi connectivity index (χ4v) is 6.58. The van der Waals surface area contributed by atoms with Crippen molar-refractivity contribution in [2.45, 2.75) is 180 Å². The molecule has 0 saturated carbocycles. The fourth-order valence-electron chi connectivity index (χ4n) is 5.42. The van der Waals surface area contributed by atoms with Gasteiger partial charge in [0.25, 0.3) is 0 Å². The number of ether oxygens (including phenoxy) is 2. The molecule has 0 spiro atoms. The Morgan fingerprint density at radius 3 is 1.55 bits per heavy atom. The Bertz CT molecular complexity index is 1120. The number of esters is 2. The molecule has 3 atom stereocenters. The van der Waals surface area contributed by atoms with Gasteiger partial charge in [0.1, 0.15) is 12.7 Å². The summed E-state index contributed by atoms with van der Waals surface area (Å²) in [6.45, 7) is 1.63. The summed E-state index contributed by atoms with van der Waals surface area (Å²) in [7, 11) is -9.66. The molecule has 0 amide bonds. The number of carbonyl (C=O) groups excluding carboxylic acids is 2. The van der Waals surface area contributed by atoms with Gasteiger partial charge in [0.15, 0.2) is 6.10 Å². The third-order valence-corrected chi connectivity index (χ3v) is 9.97. The Morgan fingerprint density at radius 1 is 0.545 bits per heavy atom. The second-order valence-corrected chi connectivity index (χ2v) is 16.6. The molecule has 4 N–H and O–H groups in total. The average molecular weight is 825 g/mol. The van der Waals surface area contributed by atoms with Gasteiger partial charge in [-0.15, -0.1) is 0 Å². The largest absolute Gasteiger partial charge is 0.472 e. The van der Waals surface area contributed by atoms with E-state index in [1.165, 1.54) is 57.8 Å². The molecule has 13 nitrogen and oxygen atoms in total. The van der Waals surface area contributed by atoms with Gasteiger partial charge in [-0.3, -0.25) is 23.2 Å². The second kappa shape index (κ2) is 36.7. The number of hydrogen-bond donors (Lipinski definition) is 4. The van der Waals surface area contributed by atoms with Crippen LogP contribution in [0, 0.1) is 0 Å². The van der Waals surface area contributed by atoms with E-state index in [9.17, 15) is 28.7 Å². The predicted octanol–water partition coefficient (Wildman–Crippen LogP) is 10.1. The highest BCUT2D eigenvalue weighted by Gasteiger charge is 2.28. The summed E-state index contributed by atoms with van der Waals surface area (Å²) >= 11 is 0. The molecule has 1 unspecified atom stereocenters. The molecule has 0 aromatic carbocycles. The summed E-state index contributed by atoms with van der Waals surface area (Å²) < 4.78 is 47.7. The van der Waals surface area contributed by atoms with Crippen molar-refractivity contribution in [2.24, 2.45) is 0 Å². The summed E-state index contributed by atoms with van der Waals surface area (Å²) in [6.07, 6.45) is 34.2. The molecule has 0 aromatic heterocycles. The molecule has 0 saturated heterocycles. The van der Waals surface area contributed by atoms with Gasteiger partial charge in [-0.25, -0.2) is 9.13 Å². The lowest BCUT2D eigenvalue weighted by Gasteiger charge is -2.20. The highest BCUT2D eigenvalue weighted by Crippen LogP contribution is 2.43. The molecule has 322 valence electrons. The smallest absolute Gasteiger partial charge is 0.462 e. The van der Waals surface area contributed by atoms with Gasteiger partial charge >= 0.3 is 27.6 Å². The predicted molar refractivity (Wildman–Crippen MR) is 216 cm³/mol. The minimum atomic E-state index is -4.86. The summed E-state index contributed by atoms with van der Waals surface area (Å²) in [4.78, 5) is 52.6. The van der Waals surface area contributed by atoms with Gasteiger partial charge < -0.3 is 29.3 Å². The SMILES string of the molecule is CC/C=C\C/C=C\C/C=C\CCCCCCCC(=O)OC[C@H](COP(=O)(O)OC[C@@H](O)COP(=O)(O)O)OC(=O)CCCCCCCCCCCCCCC. The van der Waals surface area contributed by atoms with Crippen LogP contribution in [0.2, 0.25) is 0 Å². The maximum absolute atomic E-state index is 12.6. The van der Waals surface area contributed by atoms with E-state index in [0.717, 1.165) is 70.6 Å². The van der Waals surface area contributed by atoms with Crippen LogP contribution in [-0.2, 0) is 41.8 Å². The molecule has 0 rings (SSSR count). The highest BCUT2D eigenvalue weighted by atomic mass is 31.2. The van der Waals surface area contributed by atoms with Crippen molar-refractivity contribution >= 4 is 27.6 Å². The Kier molecular flexibility index (Phi) is 35.6. The third kappa shape index (κ3) is 40.3. The monoisotopic (exact) mass is 824 g/mol. The van der Waals surface area contributed by atoms with Gasteiger partial charge in [0, 0.05) is 12.8 Å². The molecule has 0 fully saturated rings. The zero-order valence-electron chi connectivity index (χ0n) is 33.8. The van der Waals surface area contributed by atoms with Crippen LogP contribution in [0.3, 0.4) is 0 Å². The van der Waals surface area contributed by atoms with E-state index in [-0.39, 0.29) is 19.4 Å². The van der Waals surface area contributed by atoms with Crippen molar-refractivity contribution in [3.8, 4) is 0 Å². The lowest BCUT2D eigenvalue weighted by atomic mass is 10.0. The first kappa shape index (κ1) is 53.3. The van der Waals surface area contributed by atoms with E-state index in [2.05, 4.69) is 59.4 Å². The van der Waals surface area contributed by atoms with Crippen LogP contribution in [0.1, 0.15) is 168 Å². The Morgan fingerprint density at radius 2 is 1.00 bits per heavy atom. The number of phosphoric acid groups is 2. The Balaban J connectivity index is 4.56. The molecule has 0 aliphatic heterocycles. The first-order valence-electron chi connectivity index (χ1n) is 20.7. The number of allylic oxidation sites excluding steroid dienone is 6. The van der Waals surface area contributed by atoms with Crippen LogP contribution in [-0.4, -0.2) is 70.4 Å². The van der Waals surface area contributed by atoms with Crippen LogP contribution >= 0.6 is 15.6 Å². The van der Waals surface area contributed by atoms with E-state index in [1.807, 2.05) is 0 Å². The van der Waals surface area contributed by atoms with Crippen molar-refractivity contribution in [1.82, 2.24) is 0 Å². The van der Waals surface area contributed by atoms with Crippen molar-refractivity contribution in [1.29, 1.82) is 0 Å². The van der Waals surface area contributed by atoms with Crippen LogP contribution in [0.4, 0.5) is 0 Å². The van der Waals surface area contributed by atoms with Crippen molar-refractivity contribution in [3.63, 3.8) is 0 Å². The van der Waals surface area contributed by atoms with Crippen molar-refractivity contribution in [2.75, 3.05) is 26.4 Å². The van der Waals surface area contributed by atoms with E-state index in [1.54, 1.807) is 0 Å². The third-order valence-electron chi connectivity index (χ3n) is 8.53. The number of rotatable bonds is 39. The molecular formula is C40H74O13P2. The summed E-state index contributed by atoms with van der Waals surface area (Å²) in [5.74, 6) is -1.05. The van der Waals surface area contributed by atoms with Gasteiger partial charge in [-0.05, 0) is 44.9 Å². The number of carbonyl (C=O) groups is 2. The highest BCUT2D eigenvalue weighted by molar-refractivity contribution is 7.47. The van der Waals surface area contributed by atoms with Crippen LogP contribution in [0.15, 0.2) is 36.5 Å². The van der Waals surface area contributed by atoms with Crippen LogP contribution in [0.25, 0.3) is 0 Å². The molecular weight excluding hydrogens is 750 g/mol.